The maximum Gasteiger partial charge on any atom is 0.130 e. The molecule has 1 rings (SSSR count). The van der Waals surface area contributed by atoms with Crippen molar-refractivity contribution in [3.63, 3.8) is 0 Å². The first-order valence-electron chi connectivity index (χ1n) is 6.01. The number of Topliss-reactive ketones (excluding diaryl/α,β-unsaturated/α-hetero) is 1. The van der Waals surface area contributed by atoms with E-state index in [2.05, 4.69) is 27.4 Å². The van der Waals surface area contributed by atoms with E-state index in [0.29, 0.717) is 29.5 Å². The van der Waals surface area contributed by atoms with Gasteiger partial charge < -0.3 is 4.79 Å². The summed E-state index contributed by atoms with van der Waals surface area (Å²) in [6.45, 7) is 12.7. The number of hydrogen-bond acceptors (Lipinski definition) is 1. The van der Waals surface area contributed by atoms with Gasteiger partial charge in [-0.05, 0) is 43.4 Å². The maximum atomic E-state index is 11.2. The standard InChI is InChI=1S/C14H24O/c1-10-7-6-8-14(4,5)13(10)11(2)9-12(3)15/h11,13H,1,6-9H2,2-5H3. The molecule has 0 bridgehead atoms. The van der Waals surface area contributed by atoms with Crippen LogP contribution in [0.5, 0.6) is 0 Å². The molecule has 1 fully saturated rings. The average Bonchev–Trinajstić information content (AvgIpc) is 1.99. The summed E-state index contributed by atoms with van der Waals surface area (Å²) in [4.78, 5) is 11.2. The summed E-state index contributed by atoms with van der Waals surface area (Å²) >= 11 is 0. The Balaban J connectivity index is 2.78. The van der Waals surface area contributed by atoms with E-state index in [-0.39, 0.29) is 0 Å². The van der Waals surface area contributed by atoms with Crippen LogP contribution >= 0.6 is 0 Å². The van der Waals surface area contributed by atoms with Crippen molar-refractivity contribution in [1.82, 2.24) is 0 Å². The summed E-state index contributed by atoms with van der Waals surface area (Å²) in [6, 6.07) is 0. The second kappa shape index (κ2) is 4.51. The van der Waals surface area contributed by atoms with Crippen LogP contribution in [-0.4, -0.2) is 5.78 Å². The minimum absolute atomic E-state index is 0.302. The van der Waals surface area contributed by atoms with Crippen molar-refractivity contribution in [1.29, 1.82) is 0 Å². The Kier molecular flexibility index (Phi) is 3.75. The Hall–Kier alpha value is -0.590. The Morgan fingerprint density at radius 3 is 2.67 bits per heavy atom. The van der Waals surface area contributed by atoms with Gasteiger partial charge in [-0.3, -0.25) is 0 Å². The third kappa shape index (κ3) is 2.93. The molecule has 1 aliphatic rings. The summed E-state index contributed by atoms with van der Waals surface area (Å²) in [5.74, 6) is 1.28. The lowest BCUT2D eigenvalue weighted by Gasteiger charge is -2.43. The summed E-state index contributed by atoms with van der Waals surface area (Å²) in [6.07, 6.45) is 4.37. The molecule has 0 N–H and O–H groups in total. The van der Waals surface area contributed by atoms with Crippen LogP contribution in [0, 0.1) is 17.3 Å². The highest BCUT2D eigenvalue weighted by Gasteiger charge is 2.37. The van der Waals surface area contributed by atoms with Crippen LogP contribution < -0.4 is 0 Å². The molecule has 0 aliphatic heterocycles. The van der Waals surface area contributed by atoms with Crippen molar-refractivity contribution in [2.45, 2.75) is 53.4 Å². The van der Waals surface area contributed by atoms with E-state index in [4.69, 9.17) is 0 Å². The normalized spacial score (nSPS) is 27.5. The summed E-state index contributed by atoms with van der Waals surface area (Å²) < 4.78 is 0. The van der Waals surface area contributed by atoms with Crippen molar-refractivity contribution in [3.05, 3.63) is 12.2 Å². The van der Waals surface area contributed by atoms with E-state index < -0.39 is 0 Å². The highest BCUT2D eigenvalue weighted by atomic mass is 16.1. The quantitative estimate of drug-likeness (QED) is 0.641. The number of allylic oxidation sites excluding steroid dienone is 1. The van der Waals surface area contributed by atoms with Crippen LogP contribution in [0.3, 0.4) is 0 Å². The molecule has 15 heavy (non-hydrogen) atoms. The number of carbonyl (C=O) groups is 1. The molecule has 0 aromatic heterocycles. The molecule has 0 spiro atoms. The van der Waals surface area contributed by atoms with E-state index in [1.54, 1.807) is 6.92 Å². The van der Waals surface area contributed by atoms with Crippen molar-refractivity contribution in [3.8, 4) is 0 Å². The molecule has 1 aliphatic carbocycles. The van der Waals surface area contributed by atoms with Gasteiger partial charge in [0.1, 0.15) is 5.78 Å². The lowest BCUT2D eigenvalue weighted by atomic mass is 9.61. The van der Waals surface area contributed by atoms with Gasteiger partial charge in [-0.25, -0.2) is 0 Å². The highest BCUT2D eigenvalue weighted by molar-refractivity contribution is 5.75. The number of ketones is 1. The number of carbonyl (C=O) groups excluding carboxylic acids is 1. The average molecular weight is 208 g/mol. The molecule has 2 unspecified atom stereocenters. The smallest absolute Gasteiger partial charge is 0.130 e. The number of hydrogen-bond donors (Lipinski definition) is 0. The van der Waals surface area contributed by atoms with Gasteiger partial charge in [0.05, 0.1) is 0 Å². The third-order valence-corrected chi connectivity index (χ3v) is 3.78. The zero-order chi connectivity index (χ0) is 11.6. The van der Waals surface area contributed by atoms with Gasteiger partial charge >= 0.3 is 0 Å². The van der Waals surface area contributed by atoms with Crippen LogP contribution in [0.4, 0.5) is 0 Å². The predicted octanol–water partition coefficient (Wildman–Crippen LogP) is 3.98. The highest BCUT2D eigenvalue weighted by Crippen LogP contribution is 2.47. The van der Waals surface area contributed by atoms with Crippen molar-refractivity contribution < 1.29 is 4.79 Å². The van der Waals surface area contributed by atoms with Crippen LogP contribution in [-0.2, 0) is 4.79 Å². The van der Waals surface area contributed by atoms with E-state index >= 15 is 0 Å². The van der Waals surface area contributed by atoms with Gasteiger partial charge in [0.25, 0.3) is 0 Å². The van der Waals surface area contributed by atoms with Gasteiger partial charge in [-0.15, -0.1) is 0 Å². The van der Waals surface area contributed by atoms with Crippen molar-refractivity contribution >= 4 is 5.78 Å². The molecule has 1 saturated carbocycles. The topological polar surface area (TPSA) is 17.1 Å². The SMILES string of the molecule is C=C1CCCC(C)(C)C1C(C)CC(C)=O. The number of rotatable bonds is 3. The first-order valence-corrected chi connectivity index (χ1v) is 6.01. The zero-order valence-corrected chi connectivity index (χ0v) is 10.6. The van der Waals surface area contributed by atoms with Gasteiger partial charge in [0.15, 0.2) is 0 Å². The molecule has 0 saturated heterocycles. The maximum absolute atomic E-state index is 11.2. The molecule has 0 amide bonds. The van der Waals surface area contributed by atoms with Gasteiger partial charge in [0, 0.05) is 6.42 Å². The molecule has 2 atom stereocenters. The Labute approximate surface area is 93.9 Å². The van der Waals surface area contributed by atoms with Crippen LogP contribution in [0.1, 0.15) is 53.4 Å². The van der Waals surface area contributed by atoms with E-state index in [0.717, 1.165) is 6.42 Å². The summed E-state index contributed by atoms with van der Waals surface area (Å²) in [7, 11) is 0. The zero-order valence-electron chi connectivity index (χ0n) is 10.6. The molecule has 86 valence electrons. The van der Waals surface area contributed by atoms with Crippen molar-refractivity contribution in [2.24, 2.45) is 17.3 Å². The largest absolute Gasteiger partial charge is 0.300 e. The molecule has 0 heterocycles. The summed E-state index contributed by atoms with van der Waals surface area (Å²) in [5, 5.41) is 0. The van der Waals surface area contributed by atoms with E-state index in [9.17, 15) is 4.79 Å². The first kappa shape index (κ1) is 12.5. The Bertz CT molecular complexity index is 263. The minimum Gasteiger partial charge on any atom is -0.300 e. The predicted molar refractivity (Wildman–Crippen MR) is 64.7 cm³/mol. The molecule has 0 aromatic carbocycles. The molecule has 1 heteroatoms. The minimum atomic E-state index is 0.302. The van der Waals surface area contributed by atoms with E-state index in [1.807, 2.05) is 0 Å². The molecular formula is C14H24O. The second-order valence-electron chi connectivity index (χ2n) is 5.86. The van der Waals surface area contributed by atoms with Gasteiger partial charge in [-0.2, -0.15) is 0 Å². The van der Waals surface area contributed by atoms with Crippen LogP contribution in [0.25, 0.3) is 0 Å². The van der Waals surface area contributed by atoms with Crippen LogP contribution in [0.2, 0.25) is 0 Å². The molecular weight excluding hydrogens is 184 g/mol. The monoisotopic (exact) mass is 208 g/mol. The first-order chi connectivity index (χ1) is 6.84. The Morgan fingerprint density at radius 1 is 1.60 bits per heavy atom. The molecule has 1 nitrogen and oxygen atoms in total. The molecule has 0 radical (unpaired) electrons. The summed E-state index contributed by atoms with van der Waals surface area (Å²) in [5.41, 5.74) is 1.68. The second-order valence-corrected chi connectivity index (χ2v) is 5.86. The lowest BCUT2D eigenvalue weighted by molar-refractivity contribution is -0.118. The van der Waals surface area contributed by atoms with Gasteiger partial charge in [0.2, 0.25) is 0 Å². The Morgan fingerprint density at radius 2 is 2.20 bits per heavy atom. The van der Waals surface area contributed by atoms with Crippen LogP contribution in [0.15, 0.2) is 12.2 Å². The fourth-order valence-electron chi connectivity index (χ4n) is 3.38. The van der Waals surface area contributed by atoms with Crippen molar-refractivity contribution in [2.75, 3.05) is 0 Å². The third-order valence-electron chi connectivity index (χ3n) is 3.78. The van der Waals surface area contributed by atoms with E-state index in [1.165, 1.54) is 18.4 Å². The van der Waals surface area contributed by atoms with Gasteiger partial charge in [-0.1, -0.05) is 32.9 Å². The fraction of sp³-hybridized carbons (Fsp3) is 0.786. The lowest BCUT2D eigenvalue weighted by Crippen LogP contribution is -2.34. The fourth-order valence-corrected chi connectivity index (χ4v) is 3.38. The molecule has 0 aromatic rings.